The second-order valence-electron chi connectivity index (χ2n) is 6.05. The maximum atomic E-state index is 12.6. The number of carbonyl (C=O) groups excluding carboxylic acids is 1. The minimum atomic E-state index is -0.472. The monoisotopic (exact) mass is 358 g/mol. The van der Waals surface area contributed by atoms with Gasteiger partial charge >= 0.3 is 0 Å². The van der Waals surface area contributed by atoms with Gasteiger partial charge in [-0.05, 0) is 45.0 Å². The molecule has 0 aliphatic heterocycles. The van der Waals surface area contributed by atoms with Crippen LogP contribution in [-0.2, 0) is 11.3 Å². The van der Waals surface area contributed by atoms with Gasteiger partial charge in [-0.25, -0.2) is 0 Å². The summed E-state index contributed by atoms with van der Waals surface area (Å²) < 4.78 is 10.9. The molecule has 7 heteroatoms. The number of hydrogen-bond donors (Lipinski definition) is 1. The Bertz CT molecular complexity index is 818. The van der Waals surface area contributed by atoms with Crippen LogP contribution in [-0.4, -0.2) is 24.0 Å². The van der Waals surface area contributed by atoms with Gasteiger partial charge in [0.05, 0.1) is 36.0 Å². The SMILES string of the molecule is COc1ccc(C(=O)Nc2cccc([N+](=O)[O-])c2C)cc1COC(C)C. The molecule has 0 spiro atoms. The number of nitro benzene ring substituents is 1. The predicted molar refractivity (Wildman–Crippen MR) is 98.7 cm³/mol. The van der Waals surface area contributed by atoms with E-state index < -0.39 is 4.92 Å². The maximum absolute atomic E-state index is 12.6. The average Bonchev–Trinajstić information content (AvgIpc) is 2.61. The number of benzene rings is 2. The lowest BCUT2D eigenvalue weighted by Gasteiger charge is -2.13. The van der Waals surface area contributed by atoms with E-state index in [4.69, 9.17) is 9.47 Å². The molecule has 26 heavy (non-hydrogen) atoms. The van der Waals surface area contributed by atoms with Crippen LogP contribution >= 0.6 is 0 Å². The number of hydrogen-bond acceptors (Lipinski definition) is 5. The minimum Gasteiger partial charge on any atom is -0.496 e. The van der Waals surface area contributed by atoms with Gasteiger partial charge in [0.1, 0.15) is 5.75 Å². The first-order valence-corrected chi connectivity index (χ1v) is 8.17. The summed E-state index contributed by atoms with van der Waals surface area (Å²) in [6.07, 6.45) is 0.0460. The fourth-order valence-electron chi connectivity index (χ4n) is 2.44. The molecule has 2 rings (SSSR count). The lowest BCUT2D eigenvalue weighted by atomic mass is 10.1. The zero-order chi connectivity index (χ0) is 19.3. The molecule has 0 radical (unpaired) electrons. The Balaban J connectivity index is 2.26. The van der Waals surface area contributed by atoms with E-state index in [-0.39, 0.29) is 17.7 Å². The zero-order valence-corrected chi connectivity index (χ0v) is 15.2. The lowest BCUT2D eigenvalue weighted by molar-refractivity contribution is -0.385. The number of ether oxygens (including phenoxy) is 2. The highest BCUT2D eigenvalue weighted by Crippen LogP contribution is 2.26. The molecule has 0 heterocycles. The summed E-state index contributed by atoms with van der Waals surface area (Å²) in [5.74, 6) is 0.274. The largest absolute Gasteiger partial charge is 0.496 e. The number of carbonyl (C=O) groups is 1. The van der Waals surface area contributed by atoms with E-state index in [0.717, 1.165) is 5.56 Å². The van der Waals surface area contributed by atoms with Crippen molar-refractivity contribution in [1.82, 2.24) is 0 Å². The van der Waals surface area contributed by atoms with Crippen LogP contribution in [0.15, 0.2) is 36.4 Å². The maximum Gasteiger partial charge on any atom is 0.274 e. The van der Waals surface area contributed by atoms with Crippen LogP contribution in [0, 0.1) is 17.0 Å². The molecule has 0 aromatic heterocycles. The Kier molecular flexibility index (Phi) is 6.30. The van der Waals surface area contributed by atoms with E-state index in [1.54, 1.807) is 38.3 Å². The topological polar surface area (TPSA) is 90.7 Å². The first-order valence-electron chi connectivity index (χ1n) is 8.17. The van der Waals surface area contributed by atoms with Crippen molar-refractivity contribution >= 4 is 17.3 Å². The Morgan fingerprint density at radius 2 is 2.00 bits per heavy atom. The van der Waals surface area contributed by atoms with E-state index in [1.165, 1.54) is 12.1 Å². The molecular weight excluding hydrogens is 336 g/mol. The third-order valence-corrected chi connectivity index (χ3v) is 3.86. The van der Waals surface area contributed by atoms with Gasteiger partial charge in [0.2, 0.25) is 0 Å². The second kappa shape index (κ2) is 8.44. The van der Waals surface area contributed by atoms with Crippen LogP contribution < -0.4 is 10.1 Å². The van der Waals surface area contributed by atoms with Crippen LogP contribution in [0.4, 0.5) is 11.4 Å². The smallest absolute Gasteiger partial charge is 0.274 e. The van der Waals surface area contributed by atoms with Gasteiger partial charge in [0.15, 0.2) is 0 Å². The molecule has 2 aromatic carbocycles. The van der Waals surface area contributed by atoms with Crippen LogP contribution in [0.3, 0.4) is 0 Å². The molecule has 0 saturated carbocycles. The molecule has 0 bridgehead atoms. The Labute approximate surface area is 152 Å². The Morgan fingerprint density at radius 3 is 2.62 bits per heavy atom. The van der Waals surface area contributed by atoms with Gasteiger partial charge in [-0.15, -0.1) is 0 Å². The number of nitro groups is 1. The zero-order valence-electron chi connectivity index (χ0n) is 15.2. The summed E-state index contributed by atoms with van der Waals surface area (Å²) in [5, 5.41) is 13.8. The average molecular weight is 358 g/mol. The number of methoxy groups -OCH3 is 1. The number of nitrogens with zero attached hydrogens (tertiary/aromatic N) is 1. The number of rotatable bonds is 7. The number of nitrogens with one attached hydrogen (secondary N) is 1. The highest BCUT2D eigenvalue weighted by atomic mass is 16.6. The first-order chi connectivity index (χ1) is 12.3. The summed E-state index contributed by atoms with van der Waals surface area (Å²) in [5.41, 5.74) is 1.94. The van der Waals surface area contributed by atoms with Crippen molar-refractivity contribution in [3.8, 4) is 5.75 Å². The molecule has 0 aliphatic rings. The molecule has 7 nitrogen and oxygen atoms in total. The van der Waals surface area contributed by atoms with E-state index in [1.807, 2.05) is 13.8 Å². The number of anilines is 1. The fraction of sp³-hybridized carbons (Fsp3) is 0.316. The Hall–Kier alpha value is -2.93. The quantitative estimate of drug-likeness (QED) is 0.595. The highest BCUT2D eigenvalue weighted by molar-refractivity contribution is 6.05. The van der Waals surface area contributed by atoms with Gasteiger partial charge in [-0.1, -0.05) is 6.07 Å². The van der Waals surface area contributed by atoms with E-state index >= 15 is 0 Å². The van der Waals surface area contributed by atoms with Gasteiger partial charge in [0, 0.05) is 17.2 Å². The van der Waals surface area contributed by atoms with Crippen molar-refractivity contribution in [2.45, 2.75) is 33.5 Å². The third kappa shape index (κ3) is 4.58. The molecule has 0 atom stereocenters. The minimum absolute atomic E-state index is 0.0384. The molecule has 0 fully saturated rings. The summed E-state index contributed by atoms with van der Waals surface area (Å²) in [7, 11) is 1.56. The lowest BCUT2D eigenvalue weighted by Crippen LogP contribution is -2.14. The Morgan fingerprint density at radius 1 is 1.27 bits per heavy atom. The molecule has 138 valence electrons. The van der Waals surface area contributed by atoms with Gasteiger partial charge < -0.3 is 14.8 Å². The molecule has 0 unspecified atom stereocenters. The standard InChI is InChI=1S/C19H22N2O5/c1-12(2)26-11-15-10-14(8-9-18(15)25-4)19(22)20-16-6-5-7-17(13(16)3)21(23)24/h5-10,12H,11H2,1-4H3,(H,20,22). The van der Waals surface area contributed by atoms with Crippen molar-refractivity contribution in [3.05, 3.63) is 63.2 Å². The van der Waals surface area contributed by atoms with E-state index in [0.29, 0.717) is 29.2 Å². The first kappa shape index (κ1) is 19.4. The third-order valence-electron chi connectivity index (χ3n) is 3.86. The van der Waals surface area contributed by atoms with E-state index in [9.17, 15) is 14.9 Å². The summed E-state index contributed by atoms with van der Waals surface area (Å²) in [4.78, 5) is 23.1. The van der Waals surface area contributed by atoms with Crippen LogP contribution in [0.5, 0.6) is 5.75 Å². The van der Waals surface area contributed by atoms with E-state index in [2.05, 4.69) is 5.32 Å². The fourth-order valence-corrected chi connectivity index (χ4v) is 2.44. The van der Waals surface area contributed by atoms with Crippen molar-refractivity contribution in [2.24, 2.45) is 0 Å². The molecule has 0 saturated heterocycles. The molecule has 1 N–H and O–H groups in total. The van der Waals surface area contributed by atoms with Gasteiger partial charge in [-0.3, -0.25) is 14.9 Å². The normalized spacial score (nSPS) is 10.7. The van der Waals surface area contributed by atoms with Crippen LogP contribution in [0.25, 0.3) is 0 Å². The van der Waals surface area contributed by atoms with Gasteiger partial charge in [0.25, 0.3) is 11.6 Å². The second-order valence-corrected chi connectivity index (χ2v) is 6.05. The molecular formula is C19H22N2O5. The van der Waals surface area contributed by atoms with Crippen molar-refractivity contribution in [3.63, 3.8) is 0 Å². The molecule has 0 aliphatic carbocycles. The van der Waals surface area contributed by atoms with Crippen molar-refractivity contribution < 1.29 is 19.2 Å². The van der Waals surface area contributed by atoms with Crippen LogP contribution in [0.1, 0.15) is 35.3 Å². The van der Waals surface area contributed by atoms with Gasteiger partial charge in [-0.2, -0.15) is 0 Å². The summed E-state index contributed by atoms with van der Waals surface area (Å²) in [6.45, 7) is 5.77. The van der Waals surface area contributed by atoms with Crippen LogP contribution in [0.2, 0.25) is 0 Å². The number of amides is 1. The molecule has 1 amide bonds. The summed E-state index contributed by atoms with van der Waals surface area (Å²) >= 11 is 0. The van der Waals surface area contributed by atoms with Crippen molar-refractivity contribution in [2.75, 3.05) is 12.4 Å². The molecule has 2 aromatic rings. The predicted octanol–water partition coefficient (Wildman–Crippen LogP) is 4.09. The highest BCUT2D eigenvalue weighted by Gasteiger charge is 2.16. The van der Waals surface area contributed by atoms with Crippen molar-refractivity contribution in [1.29, 1.82) is 0 Å². The summed E-state index contributed by atoms with van der Waals surface area (Å²) in [6, 6.07) is 9.61.